The van der Waals surface area contributed by atoms with Gasteiger partial charge in [0.05, 0.1) is 0 Å². The lowest BCUT2D eigenvalue weighted by Gasteiger charge is -2.20. The van der Waals surface area contributed by atoms with Gasteiger partial charge in [-0.2, -0.15) is 0 Å². The highest BCUT2D eigenvalue weighted by atomic mass is 35.6. The van der Waals surface area contributed by atoms with E-state index in [4.69, 9.17) is 39.5 Å². The number of hydrogen-bond acceptors (Lipinski definition) is 3. The van der Waals surface area contributed by atoms with E-state index in [9.17, 15) is 9.90 Å². The predicted octanol–water partition coefficient (Wildman–Crippen LogP) is 2.18. The fourth-order valence-corrected chi connectivity index (χ4v) is 1.30. The summed E-state index contributed by atoms with van der Waals surface area (Å²) in [5, 5.41) is 11.4. The molecule has 1 rings (SSSR count). The molecule has 0 aliphatic carbocycles. The minimum atomic E-state index is -1.97. The van der Waals surface area contributed by atoms with Gasteiger partial charge in [0.25, 0.3) is 5.91 Å². The van der Waals surface area contributed by atoms with Gasteiger partial charge >= 0.3 is 0 Å². The molecule has 7 heteroatoms. The third kappa shape index (κ3) is 4.90. The van der Waals surface area contributed by atoms with Gasteiger partial charge in [0.2, 0.25) is 3.79 Å². The Morgan fingerprint density at radius 3 is 2.61 bits per heavy atom. The minimum absolute atomic E-state index is 0.275. The second kappa shape index (κ2) is 6.48. The molecule has 0 fully saturated rings. The third-order valence-electron chi connectivity index (χ3n) is 2.06. The topological polar surface area (TPSA) is 58.6 Å². The molecule has 0 heterocycles. The molecule has 1 unspecified atom stereocenters. The zero-order valence-corrected chi connectivity index (χ0v) is 11.8. The SMILES string of the molecule is Cc1ccccc1OCC(=O)NC(O)C(Cl)(Cl)Cl. The lowest BCUT2D eigenvalue weighted by atomic mass is 10.2. The zero-order valence-electron chi connectivity index (χ0n) is 9.49. The fraction of sp³-hybridized carbons (Fsp3) is 0.364. The first-order valence-corrected chi connectivity index (χ1v) is 6.16. The maximum Gasteiger partial charge on any atom is 0.260 e. The van der Waals surface area contributed by atoms with Crippen molar-refractivity contribution in [3.8, 4) is 5.75 Å². The molecule has 0 aliphatic heterocycles. The van der Waals surface area contributed by atoms with E-state index in [1.54, 1.807) is 12.1 Å². The Morgan fingerprint density at radius 2 is 2.06 bits per heavy atom. The van der Waals surface area contributed by atoms with Crippen molar-refractivity contribution in [3.63, 3.8) is 0 Å². The molecule has 0 radical (unpaired) electrons. The van der Waals surface area contributed by atoms with Crippen molar-refractivity contribution in [2.75, 3.05) is 6.61 Å². The monoisotopic (exact) mass is 311 g/mol. The highest BCUT2D eigenvalue weighted by Crippen LogP contribution is 2.28. The van der Waals surface area contributed by atoms with Gasteiger partial charge in [0.15, 0.2) is 12.8 Å². The van der Waals surface area contributed by atoms with Crippen molar-refractivity contribution in [2.45, 2.75) is 16.9 Å². The number of amides is 1. The molecule has 0 spiro atoms. The Hall–Kier alpha value is -0.680. The van der Waals surface area contributed by atoms with Crippen LogP contribution in [0.1, 0.15) is 5.56 Å². The van der Waals surface area contributed by atoms with Gasteiger partial charge in [-0.15, -0.1) is 0 Å². The van der Waals surface area contributed by atoms with Crippen molar-refractivity contribution in [3.05, 3.63) is 29.8 Å². The normalized spacial score (nSPS) is 12.9. The first-order valence-electron chi connectivity index (χ1n) is 5.03. The van der Waals surface area contributed by atoms with Crippen LogP contribution in [-0.4, -0.2) is 27.6 Å². The Balaban J connectivity index is 2.45. The molecule has 0 saturated carbocycles. The van der Waals surface area contributed by atoms with E-state index in [0.717, 1.165) is 5.56 Å². The number of para-hydroxylation sites is 1. The highest BCUT2D eigenvalue weighted by molar-refractivity contribution is 6.68. The summed E-state index contributed by atoms with van der Waals surface area (Å²) in [7, 11) is 0. The standard InChI is InChI=1S/C11H12Cl3NO3/c1-7-4-2-3-5-8(7)18-6-9(16)15-10(17)11(12,13)14/h2-5,10,17H,6H2,1H3,(H,15,16). The van der Waals surface area contributed by atoms with Gasteiger partial charge in [-0.25, -0.2) is 0 Å². The predicted molar refractivity (Wildman–Crippen MR) is 71.1 cm³/mol. The second-order valence-corrected chi connectivity index (χ2v) is 5.93. The van der Waals surface area contributed by atoms with Gasteiger partial charge in [0.1, 0.15) is 5.75 Å². The van der Waals surface area contributed by atoms with Gasteiger partial charge in [0, 0.05) is 0 Å². The summed E-state index contributed by atoms with van der Waals surface area (Å²) >= 11 is 16.2. The van der Waals surface area contributed by atoms with E-state index in [2.05, 4.69) is 5.32 Å². The Bertz CT molecular complexity index is 420. The molecule has 0 aliphatic rings. The Morgan fingerprint density at radius 1 is 1.44 bits per heavy atom. The number of aliphatic hydroxyl groups excluding tert-OH is 1. The summed E-state index contributed by atoms with van der Waals surface area (Å²) < 4.78 is 3.29. The first kappa shape index (κ1) is 15.4. The van der Waals surface area contributed by atoms with Crippen molar-refractivity contribution in [1.82, 2.24) is 5.32 Å². The Kier molecular flexibility index (Phi) is 5.53. The van der Waals surface area contributed by atoms with Crippen LogP contribution in [0.25, 0.3) is 0 Å². The molecule has 100 valence electrons. The van der Waals surface area contributed by atoms with Gasteiger partial charge in [-0.3, -0.25) is 4.79 Å². The van der Waals surface area contributed by atoms with Crippen LogP contribution in [0.2, 0.25) is 0 Å². The molecule has 0 bridgehead atoms. The molecule has 4 nitrogen and oxygen atoms in total. The van der Waals surface area contributed by atoms with Gasteiger partial charge < -0.3 is 15.2 Å². The summed E-state index contributed by atoms with van der Waals surface area (Å²) in [4.78, 5) is 11.4. The van der Waals surface area contributed by atoms with Crippen molar-refractivity contribution < 1.29 is 14.6 Å². The van der Waals surface area contributed by atoms with Crippen LogP contribution in [0.5, 0.6) is 5.75 Å². The van der Waals surface area contributed by atoms with Crippen LogP contribution in [0, 0.1) is 6.92 Å². The van der Waals surface area contributed by atoms with Crippen LogP contribution in [0.4, 0.5) is 0 Å². The van der Waals surface area contributed by atoms with E-state index < -0.39 is 15.9 Å². The molecule has 1 atom stereocenters. The molecule has 2 N–H and O–H groups in total. The maximum absolute atomic E-state index is 11.4. The van der Waals surface area contributed by atoms with E-state index >= 15 is 0 Å². The number of benzene rings is 1. The number of aliphatic hydroxyl groups is 1. The molecule has 0 saturated heterocycles. The summed E-state index contributed by atoms with van der Waals surface area (Å²) in [6.07, 6.45) is -1.59. The van der Waals surface area contributed by atoms with E-state index in [1.165, 1.54) is 0 Å². The lowest BCUT2D eigenvalue weighted by Crippen LogP contribution is -2.45. The summed E-state index contributed by atoms with van der Waals surface area (Å²) in [6.45, 7) is 1.58. The largest absolute Gasteiger partial charge is 0.484 e. The summed E-state index contributed by atoms with van der Waals surface area (Å²) in [5.74, 6) is -0.00639. The minimum Gasteiger partial charge on any atom is -0.484 e. The summed E-state index contributed by atoms with van der Waals surface area (Å²) in [5.41, 5.74) is 0.896. The average molecular weight is 313 g/mol. The van der Waals surface area contributed by atoms with Crippen molar-refractivity contribution >= 4 is 40.7 Å². The van der Waals surface area contributed by atoms with Gasteiger partial charge in [-0.1, -0.05) is 53.0 Å². The van der Waals surface area contributed by atoms with Crippen molar-refractivity contribution in [2.24, 2.45) is 0 Å². The van der Waals surface area contributed by atoms with E-state index in [1.807, 2.05) is 19.1 Å². The number of halogens is 3. The summed E-state index contributed by atoms with van der Waals surface area (Å²) in [6, 6.07) is 7.22. The average Bonchev–Trinajstić information content (AvgIpc) is 2.26. The molecular formula is C11H12Cl3NO3. The maximum atomic E-state index is 11.4. The first-order chi connectivity index (χ1) is 8.30. The molecule has 1 aromatic carbocycles. The molecule has 1 aromatic rings. The number of alkyl halides is 3. The number of ether oxygens (including phenoxy) is 1. The number of hydrogen-bond donors (Lipinski definition) is 2. The van der Waals surface area contributed by atoms with Crippen LogP contribution >= 0.6 is 34.8 Å². The third-order valence-corrected chi connectivity index (χ3v) is 2.68. The highest BCUT2D eigenvalue weighted by Gasteiger charge is 2.32. The lowest BCUT2D eigenvalue weighted by molar-refractivity contribution is -0.126. The Labute approximate surface area is 120 Å². The fourth-order valence-electron chi connectivity index (χ4n) is 1.14. The quantitative estimate of drug-likeness (QED) is 0.662. The van der Waals surface area contributed by atoms with Crippen molar-refractivity contribution in [1.29, 1.82) is 0 Å². The van der Waals surface area contributed by atoms with Crippen LogP contribution < -0.4 is 10.1 Å². The van der Waals surface area contributed by atoms with Crippen LogP contribution in [0.15, 0.2) is 24.3 Å². The number of carbonyl (C=O) groups is 1. The van der Waals surface area contributed by atoms with Crippen LogP contribution in [0.3, 0.4) is 0 Å². The number of carbonyl (C=O) groups excluding carboxylic acids is 1. The molecular weight excluding hydrogens is 300 g/mol. The number of nitrogens with one attached hydrogen (secondary N) is 1. The van der Waals surface area contributed by atoms with Crippen LogP contribution in [-0.2, 0) is 4.79 Å². The molecule has 0 aromatic heterocycles. The zero-order chi connectivity index (χ0) is 13.8. The number of aryl methyl sites for hydroxylation is 1. The number of rotatable bonds is 4. The molecule has 18 heavy (non-hydrogen) atoms. The second-order valence-electron chi connectivity index (χ2n) is 3.57. The smallest absolute Gasteiger partial charge is 0.260 e. The van der Waals surface area contributed by atoms with E-state index in [0.29, 0.717) is 5.75 Å². The molecule has 1 amide bonds. The van der Waals surface area contributed by atoms with Gasteiger partial charge in [-0.05, 0) is 18.6 Å². The van der Waals surface area contributed by atoms with E-state index in [-0.39, 0.29) is 6.61 Å².